The average Bonchev–Trinajstić information content (AvgIpc) is 2.70. The van der Waals surface area contributed by atoms with Crippen LogP contribution in [0.15, 0.2) is 12.3 Å². The summed E-state index contributed by atoms with van der Waals surface area (Å²) in [5, 5.41) is 12.6. The van der Waals surface area contributed by atoms with Crippen molar-refractivity contribution in [2.75, 3.05) is 13.7 Å². The van der Waals surface area contributed by atoms with E-state index < -0.39 is 23.4 Å². The van der Waals surface area contributed by atoms with Gasteiger partial charge in [0.1, 0.15) is 0 Å². The van der Waals surface area contributed by atoms with Crippen LogP contribution < -0.4 is 0 Å². The summed E-state index contributed by atoms with van der Waals surface area (Å²) in [6.45, 7) is 0.391. The van der Waals surface area contributed by atoms with Gasteiger partial charge in [-0.2, -0.15) is 18.3 Å². The van der Waals surface area contributed by atoms with Crippen molar-refractivity contribution >= 4 is 5.97 Å². The van der Waals surface area contributed by atoms with Crippen LogP contribution in [-0.4, -0.2) is 34.6 Å². The number of hydrogen-bond donors (Lipinski definition) is 1. The quantitative estimate of drug-likeness (QED) is 0.911. The first-order chi connectivity index (χ1) is 8.79. The Morgan fingerprint density at radius 2 is 2.26 bits per heavy atom. The van der Waals surface area contributed by atoms with Gasteiger partial charge in [0.2, 0.25) is 0 Å². The third-order valence-electron chi connectivity index (χ3n) is 3.37. The zero-order chi connectivity index (χ0) is 14.3. The molecule has 5 nitrogen and oxygen atoms in total. The van der Waals surface area contributed by atoms with Crippen LogP contribution in [0.2, 0.25) is 0 Å². The Labute approximate surface area is 107 Å². The first-order valence-electron chi connectivity index (χ1n) is 5.65. The standard InChI is InChI=1S/C11H13F3N2O3/c1-19-6-7-4-10(5-7,9(17)18)16-3-2-8(15-16)11(12,13)14/h2-3,7H,4-6H2,1H3,(H,17,18). The SMILES string of the molecule is COCC1CC(C(=O)O)(n2ccc(C(F)(F)F)n2)C1. The fourth-order valence-electron chi connectivity index (χ4n) is 2.42. The summed E-state index contributed by atoms with van der Waals surface area (Å²) in [7, 11) is 1.50. The molecule has 2 rings (SSSR count). The van der Waals surface area contributed by atoms with E-state index >= 15 is 0 Å². The molecular weight excluding hydrogens is 265 g/mol. The van der Waals surface area contributed by atoms with Crippen LogP contribution in [0.1, 0.15) is 18.5 Å². The van der Waals surface area contributed by atoms with Gasteiger partial charge in [-0.3, -0.25) is 4.68 Å². The highest BCUT2D eigenvalue weighted by atomic mass is 19.4. The summed E-state index contributed by atoms with van der Waals surface area (Å²) in [6.07, 6.45) is -3.06. The minimum atomic E-state index is -4.57. The van der Waals surface area contributed by atoms with Gasteiger partial charge in [-0.15, -0.1) is 0 Å². The van der Waals surface area contributed by atoms with E-state index in [0.717, 1.165) is 16.9 Å². The maximum atomic E-state index is 12.5. The zero-order valence-corrected chi connectivity index (χ0v) is 10.1. The number of alkyl halides is 3. The number of methoxy groups -OCH3 is 1. The van der Waals surface area contributed by atoms with Gasteiger partial charge in [-0.25, -0.2) is 4.79 Å². The number of aliphatic carboxylic acids is 1. The minimum absolute atomic E-state index is 0.0274. The van der Waals surface area contributed by atoms with E-state index in [0.29, 0.717) is 6.61 Å². The number of carbonyl (C=O) groups is 1. The van der Waals surface area contributed by atoms with E-state index in [4.69, 9.17) is 4.74 Å². The van der Waals surface area contributed by atoms with E-state index in [1.54, 1.807) is 0 Å². The summed E-state index contributed by atoms with van der Waals surface area (Å²) < 4.78 is 43.2. The van der Waals surface area contributed by atoms with E-state index in [1.165, 1.54) is 7.11 Å². The highest BCUT2D eigenvalue weighted by molar-refractivity contribution is 5.78. The first-order valence-corrected chi connectivity index (χ1v) is 5.65. The van der Waals surface area contributed by atoms with Crippen molar-refractivity contribution in [3.63, 3.8) is 0 Å². The average molecular weight is 278 g/mol. The molecule has 1 aliphatic rings. The van der Waals surface area contributed by atoms with Crippen LogP contribution in [0.25, 0.3) is 0 Å². The molecule has 8 heteroatoms. The smallest absolute Gasteiger partial charge is 0.435 e. The molecule has 1 fully saturated rings. The molecular formula is C11H13F3N2O3. The lowest BCUT2D eigenvalue weighted by Crippen LogP contribution is -2.53. The highest BCUT2D eigenvalue weighted by Crippen LogP contribution is 2.44. The molecule has 0 aliphatic heterocycles. The fourth-order valence-corrected chi connectivity index (χ4v) is 2.42. The summed E-state index contributed by atoms with van der Waals surface area (Å²) in [5.41, 5.74) is -2.46. The number of carboxylic acid groups (broad SMARTS) is 1. The third kappa shape index (κ3) is 2.32. The second-order valence-corrected chi connectivity index (χ2v) is 4.71. The molecule has 0 bridgehead atoms. The van der Waals surface area contributed by atoms with Gasteiger partial charge in [0.25, 0.3) is 0 Å². The first kappa shape index (κ1) is 13.9. The topological polar surface area (TPSA) is 64.3 Å². The van der Waals surface area contributed by atoms with Gasteiger partial charge in [0, 0.05) is 19.9 Å². The van der Waals surface area contributed by atoms with E-state index in [2.05, 4.69) is 5.10 Å². The molecule has 1 saturated carbocycles. The van der Waals surface area contributed by atoms with Crippen LogP contribution in [0, 0.1) is 5.92 Å². The van der Waals surface area contributed by atoms with Crippen LogP contribution in [-0.2, 0) is 21.2 Å². The Morgan fingerprint density at radius 3 is 2.68 bits per heavy atom. The summed E-state index contributed by atoms with van der Waals surface area (Å²) in [5.74, 6) is -1.14. The monoisotopic (exact) mass is 278 g/mol. The Hall–Kier alpha value is -1.57. The van der Waals surface area contributed by atoms with Gasteiger partial charge in [-0.1, -0.05) is 0 Å². The third-order valence-corrected chi connectivity index (χ3v) is 3.37. The van der Waals surface area contributed by atoms with Crippen molar-refractivity contribution in [2.45, 2.75) is 24.6 Å². The maximum Gasteiger partial charge on any atom is 0.435 e. The lowest BCUT2D eigenvalue weighted by Gasteiger charge is -2.44. The number of halogens is 3. The lowest BCUT2D eigenvalue weighted by atomic mass is 9.68. The molecule has 19 heavy (non-hydrogen) atoms. The molecule has 0 radical (unpaired) electrons. The maximum absolute atomic E-state index is 12.5. The van der Waals surface area contributed by atoms with Crippen molar-refractivity contribution in [1.29, 1.82) is 0 Å². The normalized spacial score (nSPS) is 27.1. The van der Waals surface area contributed by atoms with Crippen LogP contribution in [0.3, 0.4) is 0 Å². The zero-order valence-electron chi connectivity index (χ0n) is 10.1. The molecule has 1 aromatic heterocycles. The molecule has 0 saturated heterocycles. The van der Waals surface area contributed by atoms with E-state index in [1.807, 2.05) is 0 Å². The Balaban J connectivity index is 2.23. The molecule has 0 amide bonds. The van der Waals surface area contributed by atoms with Crippen molar-refractivity contribution in [2.24, 2.45) is 5.92 Å². The molecule has 1 aliphatic carbocycles. The van der Waals surface area contributed by atoms with Crippen molar-refractivity contribution in [1.82, 2.24) is 9.78 Å². The van der Waals surface area contributed by atoms with E-state index in [9.17, 15) is 23.1 Å². The molecule has 106 valence electrons. The Morgan fingerprint density at radius 1 is 1.63 bits per heavy atom. The van der Waals surface area contributed by atoms with Gasteiger partial charge in [-0.05, 0) is 24.8 Å². The number of aromatic nitrogens is 2. The van der Waals surface area contributed by atoms with Crippen LogP contribution in [0.5, 0.6) is 0 Å². The molecule has 0 unspecified atom stereocenters. The van der Waals surface area contributed by atoms with Crippen molar-refractivity contribution in [3.05, 3.63) is 18.0 Å². The van der Waals surface area contributed by atoms with Crippen LogP contribution in [0.4, 0.5) is 13.2 Å². The molecule has 0 aromatic carbocycles. The molecule has 0 atom stereocenters. The number of ether oxygens (including phenoxy) is 1. The fraction of sp³-hybridized carbons (Fsp3) is 0.636. The molecule has 0 spiro atoms. The summed E-state index contributed by atoms with van der Waals surface area (Å²) in [4.78, 5) is 11.3. The van der Waals surface area contributed by atoms with Gasteiger partial charge in [0.05, 0.1) is 0 Å². The highest BCUT2D eigenvalue weighted by Gasteiger charge is 2.53. The van der Waals surface area contributed by atoms with Crippen molar-refractivity contribution in [3.8, 4) is 0 Å². The van der Waals surface area contributed by atoms with E-state index in [-0.39, 0.29) is 18.8 Å². The van der Waals surface area contributed by atoms with Gasteiger partial charge < -0.3 is 9.84 Å². The molecule has 1 N–H and O–H groups in total. The number of hydrogen-bond acceptors (Lipinski definition) is 3. The second kappa shape index (κ2) is 4.52. The molecule has 1 aromatic rings. The van der Waals surface area contributed by atoms with Crippen LogP contribution >= 0.6 is 0 Å². The lowest BCUT2D eigenvalue weighted by molar-refractivity contribution is -0.160. The number of rotatable bonds is 4. The predicted octanol–water partition coefficient (Wildman–Crippen LogP) is 1.74. The van der Waals surface area contributed by atoms with Gasteiger partial charge >= 0.3 is 12.1 Å². The Bertz CT molecular complexity index is 478. The minimum Gasteiger partial charge on any atom is -0.479 e. The Kier molecular flexibility index (Phi) is 3.29. The number of carboxylic acids is 1. The van der Waals surface area contributed by atoms with Gasteiger partial charge in [0.15, 0.2) is 11.2 Å². The summed E-state index contributed by atoms with van der Waals surface area (Å²) >= 11 is 0. The van der Waals surface area contributed by atoms with Crippen molar-refractivity contribution < 1.29 is 27.8 Å². The summed E-state index contributed by atoms with van der Waals surface area (Å²) in [6, 6.07) is 0.786. The number of nitrogens with zero attached hydrogens (tertiary/aromatic N) is 2. The molecule has 1 heterocycles. The second-order valence-electron chi connectivity index (χ2n) is 4.71. The predicted molar refractivity (Wildman–Crippen MR) is 57.4 cm³/mol. The largest absolute Gasteiger partial charge is 0.479 e.